The summed E-state index contributed by atoms with van der Waals surface area (Å²) < 4.78 is 31.2. The number of quaternary nitrogens is 1. The molecule has 7 nitrogen and oxygen atoms in total. The van der Waals surface area contributed by atoms with E-state index >= 15 is 0 Å². The average Bonchev–Trinajstić information content (AvgIpc) is 3.10. The molecule has 1 amide bonds. The molecule has 0 spiro atoms. The van der Waals surface area contributed by atoms with Crippen molar-refractivity contribution in [2.24, 2.45) is 0 Å². The minimum absolute atomic E-state index is 0.00518. The van der Waals surface area contributed by atoms with Crippen molar-refractivity contribution in [2.45, 2.75) is 55.5 Å². The molecule has 1 unspecified atom stereocenters. The first kappa shape index (κ1) is 32.2. The smallest absolute Gasteiger partial charge is 0.264 e. The van der Waals surface area contributed by atoms with Crippen LogP contribution in [0.1, 0.15) is 50.1 Å². The predicted octanol–water partition coefficient (Wildman–Crippen LogP) is 8.18. The molecule has 3 aliphatic rings. The number of hydrogen-bond donors (Lipinski definition) is 2. The normalized spacial score (nSPS) is 19.4. The highest BCUT2D eigenvalue weighted by Crippen LogP contribution is 2.48. The Morgan fingerprint density at radius 3 is 2.23 bits per heavy atom. The lowest BCUT2D eigenvalue weighted by molar-refractivity contribution is -0.116. The van der Waals surface area contributed by atoms with Crippen LogP contribution in [0.4, 0.5) is 17.1 Å². The van der Waals surface area contributed by atoms with E-state index in [1.165, 1.54) is 60.3 Å². The van der Waals surface area contributed by atoms with Gasteiger partial charge in [0.1, 0.15) is 5.69 Å². The summed E-state index contributed by atoms with van der Waals surface area (Å²) >= 11 is 12.4. The molecule has 4 aromatic rings. The van der Waals surface area contributed by atoms with Crippen molar-refractivity contribution >= 4 is 56.2 Å². The van der Waals surface area contributed by atoms with E-state index in [9.17, 15) is 13.2 Å². The summed E-state index contributed by atoms with van der Waals surface area (Å²) in [7, 11) is -4.16. The molecule has 1 atom stereocenters. The second-order valence-corrected chi connectivity index (χ2v) is 15.4. The zero-order valence-electron chi connectivity index (χ0n) is 26.2. The maximum absolute atomic E-state index is 14.4. The van der Waals surface area contributed by atoms with Crippen molar-refractivity contribution in [2.75, 3.05) is 35.8 Å². The lowest BCUT2D eigenvalue weighted by Crippen LogP contribution is -2.62. The fraction of sp³-hybridized carbons (Fsp3) is 0.324. The van der Waals surface area contributed by atoms with Gasteiger partial charge in [0.2, 0.25) is 5.91 Å². The number of carbonyl (C=O) groups is 1. The van der Waals surface area contributed by atoms with E-state index in [0.29, 0.717) is 17.4 Å². The van der Waals surface area contributed by atoms with Gasteiger partial charge < -0.3 is 10.6 Å². The largest absolute Gasteiger partial charge is 0.326 e. The molecular weight excluding hydrogens is 651 g/mol. The molecule has 10 heteroatoms. The standard InChI is InChI=1S/C37H38Cl2N4O3S/c38-33-17-16-29(24-34(33)39)47(45,46)42-35-11-5-4-9-31(35)30-8-2-3-10-32(30)36(42)25-37(44)41-26-12-14-27(15-13-26)43(22-6-1-7-23-43)28-18-20-40-21-19-28/h2-5,8-17,24,28,36,40H,1,6-7,18-23,25H2/p+1. The first-order valence-corrected chi connectivity index (χ1v) is 18.6. The number of benzene rings is 4. The van der Waals surface area contributed by atoms with Gasteiger partial charge in [-0.1, -0.05) is 65.7 Å². The van der Waals surface area contributed by atoms with Gasteiger partial charge in [-0.3, -0.25) is 13.6 Å². The molecule has 0 bridgehead atoms. The summed E-state index contributed by atoms with van der Waals surface area (Å²) in [6, 6.07) is 27.5. The number of para-hydroxylation sites is 1. The number of nitrogens with one attached hydrogen (secondary N) is 2. The van der Waals surface area contributed by atoms with E-state index in [1.807, 2.05) is 54.6 Å². The number of hydrogen-bond acceptors (Lipinski definition) is 4. The van der Waals surface area contributed by atoms with Gasteiger partial charge in [-0.05, 0) is 66.8 Å². The third kappa shape index (κ3) is 6.07. The van der Waals surface area contributed by atoms with E-state index in [0.717, 1.165) is 47.4 Å². The molecule has 47 heavy (non-hydrogen) atoms. The summed E-state index contributed by atoms with van der Waals surface area (Å²) in [4.78, 5) is 13.8. The first-order chi connectivity index (χ1) is 22.8. The summed E-state index contributed by atoms with van der Waals surface area (Å²) in [5.74, 6) is -0.272. The molecule has 2 saturated heterocycles. The third-order valence-electron chi connectivity index (χ3n) is 10.1. The zero-order chi connectivity index (χ0) is 32.6. The highest BCUT2D eigenvalue weighted by molar-refractivity contribution is 7.92. The van der Waals surface area contributed by atoms with Gasteiger partial charge in [-0.2, -0.15) is 0 Å². The highest BCUT2D eigenvalue weighted by Gasteiger charge is 2.42. The van der Waals surface area contributed by atoms with Crippen LogP contribution in [0.3, 0.4) is 0 Å². The van der Waals surface area contributed by atoms with Crippen LogP contribution in [-0.2, 0) is 14.8 Å². The van der Waals surface area contributed by atoms with Crippen LogP contribution in [0.5, 0.6) is 0 Å². The van der Waals surface area contributed by atoms with Crippen LogP contribution in [0.2, 0.25) is 10.0 Å². The van der Waals surface area contributed by atoms with Crippen molar-refractivity contribution < 1.29 is 13.2 Å². The Labute approximate surface area is 287 Å². The molecule has 244 valence electrons. The van der Waals surface area contributed by atoms with Gasteiger partial charge >= 0.3 is 0 Å². The molecular formula is C37H39Cl2N4O3S+. The maximum Gasteiger partial charge on any atom is 0.264 e. The molecule has 7 rings (SSSR count). The van der Waals surface area contributed by atoms with Gasteiger partial charge in [-0.25, -0.2) is 8.42 Å². The molecule has 2 fully saturated rings. The number of likely N-dealkylation sites (tertiary alicyclic amines) is 1. The number of rotatable bonds is 7. The van der Waals surface area contributed by atoms with Gasteiger partial charge in [0.05, 0.1) is 52.2 Å². The van der Waals surface area contributed by atoms with E-state index in [-0.39, 0.29) is 27.3 Å². The van der Waals surface area contributed by atoms with Crippen LogP contribution in [0.25, 0.3) is 11.1 Å². The lowest BCUT2D eigenvalue weighted by Gasteiger charge is -2.48. The number of anilines is 2. The average molecular weight is 691 g/mol. The molecule has 3 aliphatic heterocycles. The topological polar surface area (TPSA) is 78.5 Å². The minimum atomic E-state index is -4.16. The van der Waals surface area contributed by atoms with E-state index in [1.54, 1.807) is 6.07 Å². The molecule has 4 aromatic carbocycles. The van der Waals surface area contributed by atoms with Gasteiger partial charge in [0.15, 0.2) is 0 Å². The fourth-order valence-corrected chi connectivity index (χ4v) is 9.94. The van der Waals surface area contributed by atoms with Crippen molar-refractivity contribution in [1.82, 2.24) is 9.80 Å². The number of amides is 1. The molecule has 0 saturated carbocycles. The number of carbonyl (C=O) groups excluding carboxylic acids is 1. The molecule has 0 radical (unpaired) electrons. The first-order valence-electron chi connectivity index (χ1n) is 16.4. The second kappa shape index (κ2) is 13.2. The van der Waals surface area contributed by atoms with Gasteiger partial charge in [0.25, 0.3) is 10.0 Å². The summed E-state index contributed by atoms with van der Waals surface area (Å²) in [6.45, 7) is 4.43. The number of piperidine rings is 2. The Bertz CT molecular complexity index is 1890. The Morgan fingerprint density at radius 2 is 1.51 bits per heavy atom. The molecule has 2 N–H and O–H groups in total. The summed E-state index contributed by atoms with van der Waals surface area (Å²) in [5.41, 5.74) is 4.96. The van der Waals surface area contributed by atoms with Crippen LogP contribution in [0.15, 0.2) is 95.9 Å². The van der Waals surface area contributed by atoms with Crippen molar-refractivity contribution in [3.05, 3.63) is 107 Å². The van der Waals surface area contributed by atoms with Crippen molar-refractivity contribution in [3.8, 4) is 11.1 Å². The van der Waals surface area contributed by atoms with Gasteiger partial charge in [0, 0.05) is 49.3 Å². The Hall–Kier alpha value is -3.40. The summed E-state index contributed by atoms with van der Waals surface area (Å²) in [6.07, 6.45) is 6.01. The SMILES string of the molecule is O=C(CC1c2ccccc2-c2ccccc2N1S(=O)(=O)c1ccc(Cl)c(Cl)c1)Nc1ccc([N+]2(C3CCNCC3)CCCCC2)cc1. The Morgan fingerprint density at radius 1 is 0.830 bits per heavy atom. The third-order valence-corrected chi connectivity index (χ3v) is 12.7. The minimum Gasteiger partial charge on any atom is -0.326 e. The number of halogens is 2. The number of nitrogens with zero attached hydrogens (tertiary/aromatic N) is 2. The highest BCUT2D eigenvalue weighted by atomic mass is 35.5. The van der Waals surface area contributed by atoms with Gasteiger partial charge in [-0.15, -0.1) is 0 Å². The molecule has 0 aliphatic carbocycles. The van der Waals surface area contributed by atoms with E-state index in [2.05, 4.69) is 22.8 Å². The Balaban J connectivity index is 1.19. The monoisotopic (exact) mass is 689 g/mol. The fourth-order valence-electron chi connectivity index (χ4n) is 7.90. The van der Waals surface area contributed by atoms with Crippen molar-refractivity contribution in [3.63, 3.8) is 0 Å². The van der Waals surface area contributed by atoms with E-state index in [4.69, 9.17) is 23.2 Å². The van der Waals surface area contributed by atoms with Crippen LogP contribution >= 0.6 is 23.2 Å². The number of sulfonamides is 1. The molecule has 0 aromatic heterocycles. The zero-order valence-corrected chi connectivity index (χ0v) is 28.5. The summed E-state index contributed by atoms with van der Waals surface area (Å²) in [5, 5.41) is 7.00. The van der Waals surface area contributed by atoms with Crippen LogP contribution in [-0.4, -0.2) is 46.5 Å². The maximum atomic E-state index is 14.4. The van der Waals surface area contributed by atoms with Crippen LogP contribution < -0.4 is 19.4 Å². The van der Waals surface area contributed by atoms with Crippen molar-refractivity contribution in [1.29, 1.82) is 0 Å². The second-order valence-electron chi connectivity index (χ2n) is 12.8. The van der Waals surface area contributed by atoms with E-state index < -0.39 is 16.1 Å². The predicted molar refractivity (Wildman–Crippen MR) is 192 cm³/mol. The molecule has 3 heterocycles. The Kier molecular flexibility index (Phi) is 9.06. The quantitative estimate of drug-likeness (QED) is 0.192. The van der Waals surface area contributed by atoms with Crippen LogP contribution in [0, 0.1) is 0 Å². The lowest BCUT2D eigenvalue weighted by atomic mass is 9.88. The number of fused-ring (bicyclic) bond motifs is 3.